The van der Waals surface area contributed by atoms with E-state index in [9.17, 15) is 14.4 Å². The summed E-state index contributed by atoms with van der Waals surface area (Å²) in [5.74, 6) is 0.0974. The Morgan fingerprint density at radius 3 is 2.71 bits per heavy atom. The summed E-state index contributed by atoms with van der Waals surface area (Å²) < 4.78 is 7.21. The van der Waals surface area contributed by atoms with Gasteiger partial charge in [-0.25, -0.2) is 4.79 Å². The fraction of sp³-hybridized carbons (Fsp3) is 0.258. The maximum Gasteiger partial charge on any atom is 0.326 e. The van der Waals surface area contributed by atoms with Crippen LogP contribution in [-0.4, -0.2) is 58.0 Å². The highest BCUT2D eigenvalue weighted by molar-refractivity contribution is 6.10. The molecular formula is C31H32N6O4. The van der Waals surface area contributed by atoms with Gasteiger partial charge in [-0.1, -0.05) is 24.8 Å². The molecule has 2 aromatic heterocycles. The van der Waals surface area contributed by atoms with Gasteiger partial charge >= 0.3 is 5.69 Å². The van der Waals surface area contributed by atoms with Gasteiger partial charge in [0.2, 0.25) is 12.2 Å². The molecular weight excluding hydrogens is 520 g/mol. The van der Waals surface area contributed by atoms with Crippen LogP contribution in [0.15, 0.2) is 76.4 Å². The number of hydrogen-bond donors (Lipinski definition) is 2. The molecule has 0 bridgehead atoms. The second-order valence-corrected chi connectivity index (χ2v) is 9.92. The van der Waals surface area contributed by atoms with Gasteiger partial charge in [-0.3, -0.25) is 24.1 Å². The van der Waals surface area contributed by atoms with Gasteiger partial charge in [0, 0.05) is 42.0 Å². The zero-order chi connectivity index (χ0) is 29.1. The van der Waals surface area contributed by atoms with Gasteiger partial charge < -0.3 is 19.9 Å². The number of imidazole rings is 1. The first-order valence-electron chi connectivity index (χ1n) is 13.4. The van der Waals surface area contributed by atoms with E-state index in [1.165, 1.54) is 7.11 Å². The first-order chi connectivity index (χ1) is 19.9. The lowest BCUT2D eigenvalue weighted by Crippen LogP contribution is -2.36. The Kier molecular flexibility index (Phi) is 7.82. The molecule has 0 saturated carbocycles. The Hall–Kier alpha value is -4.99. The molecule has 0 spiro atoms. The number of likely N-dealkylation sites (tertiary alicyclic amines) is 1. The Bertz CT molecular complexity index is 1770. The number of hydrogen-bond acceptors (Lipinski definition) is 7. The number of para-hydroxylation sites is 1. The molecule has 2 N–H and O–H groups in total. The number of nitrogens with one attached hydrogen (secondary N) is 2. The second kappa shape index (κ2) is 11.6. The normalized spacial score (nSPS) is 14.6. The number of ether oxygens (including phenoxy) is 1. The Balaban J connectivity index is 1.35. The number of H-pyrrole nitrogens is 1. The number of carbonyl (C=O) groups excluding carboxylic acids is 2. The summed E-state index contributed by atoms with van der Waals surface area (Å²) in [4.78, 5) is 51.5. The molecule has 1 fully saturated rings. The van der Waals surface area contributed by atoms with Crippen molar-refractivity contribution in [2.24, 2.45) is 4.99 Å². The van der Waals surface area contributed by atoms with Crippen LogP contribution in [-0.2, 0) is 4.79 Å². The first-order valence-corrected chi connectivity index (χ1v) is 13.4. The molecule has 1 saturated heterocycles. The van der Waals surface area contributed by atoms with Gasteiger partial charge in [0.1, 0.15) is 11.4 Å². The van der Waals surface area contributed by atoms with Gasteiger partial charge in [-0.2, -0.15) is 0 Å². The number of aromatic amines is 1. The first kappa shape index (κ1) is 27.6. The summed E-state index contributed by atoms with van der Waals surface area (Å²) in [5, 5.41) is 3.54. The minimum absolute atomic E-state index is 0.0101. The largest absolute Gasteiger partial charge is 0.495 e. The van der Waals surface area contributed by atoms with E-state index in [2.05, 4.69) is 31.8 Å². The van der Waals surface area contributed by atoms with E-state index in [-0.39, 0.29) is 23.2 Å². The fourth-order valence-electron chi connectivity index (χ4n) is 5.48. The molecule has 10 nitrogen and oxygen atoms in total. The highest BCUT2D eigenvalue weighted by Gasteiger charge is 2.25. The lowest BCUT2D eigenvalue weighted by atomic mass is 10.0. The van der Waals surface area contributed by atoms with Crippen molar-refractivity contribution < 1.29 is 14.3 Å². The van der Waals surface area contributed by atoms with Crippen molar-refractivity contribution in [3.63, 3.8) is 0 Å². The number of aliphatic imine (C=N–C) groups is 1. The van der Waals surface area contributed by atoms with E-state index in [4.69, 9.17) is 4.74 Å². The molecule has 1 amide bonds. The number of anilines is 1. The molecule has 0 radical (unpaired) electrons. The fourth-order valence-corrected chi connectivity index (χ4v) is 5.48. The van der Waals surface area contributed by atoms with Crippen LogP contribution in [0.1, 0.15) is 41.7 Å². The third kappa shape index (κ3) is 5.28. The van der Waals surface area contributed by atoms with Gasteiger partial charge in [-0.15, -0.1) is 0 Å². The summed E-state index contributed by atoms with van der Waals surface area (Å²) in [6, 6.07) is 11.1. The van der Waals surface area contributed by atoms with Crippen LogP contribution in [0.2, 0.25) is 0 Å². The van der Waals surface area contributed by atoms with Gasteiger partial charge in [0.25, 0.3) is 0 Å². The predicted octanol–water partition coefficient (Wildman–Crippen LogP) is 4.77. The second-order valence-electron chi connectivity index (χ2n) is 9.92. The van der Waals surface area contributed by atoms with Crippen LogP contribution in [0.5, 0.6) is 5.75 Å². The predicted molar refractivity (Wildman–Crippen MR) is 161 cm³/mol. The molecule has 1 aliphatic rings. The molecule has 4 aromatic rings. The van der Waals surface area contributed by atoms with Crippen molar-refractivity contribution in [2.75, 3.05) is 25.5 Å². The standard InChI is InChI=1S/C31H32N6O4/c1-5-32-25(30(39)21-14-19(2)28(34-18-38)27(16-21)41-4)15-20(3)36-12-10-22(11-13-36)37-26-17-33-24-9-7-6-8-23(24)29(26)35-31(37)40/h5-9,14-18,22H,3,10-13H2,1-2,4H3,(H,34,38)(H,35,40)/b25-15-,32-5?. The van der Waals surface area contributed by atoms with E-state index in [0.717, 1.165) is 34.8 Å². The molecule has 0 unspecified atom stereocenters. The number of amides is 1. The van der Waals surface area contributed by atoms with E-state index < -0.39 is 0 Å². The van der Waals surface area contributed by atoms with Gasteiger partial charge in [0.15, 0.2) is 0 Å². The quantitative estimate of drug-likeness (QED) is 0.101. The highest BCUT2D eigenvalue weighted by Crippen LogP contribution is 2.32. The number of Topliss-reactive ketones (excluding diaryl/α,β-unsaturated/α-hetero) is 1. The summed E-state index contributed by atoms with van der Waals surface area (Å²) in [5.41, 5.74) is 4.80. The molecule has 41 heavy (non-hydrogen) atoms. The molecule has 2 aromatic carbocycles. The topological polar surface area (TPSA) is 122 Å². The number of nitrogens with zero attached hydrogens (tertiary/aromatic N) is 4. The van der Waals surface area contributed by atoms with Crippen molar-refractivity contribution in [3.05, 3.63) is 88.3 Å². The van der Waals surface area contributed by atoms with Crippen molar-refractivity contribution in [3.8, 4) is 5.75 Å². The molecule has 3 heterocycles. The van der Waals surface area contributed by atoms with Crippen LogP contribution < -0.4 is 15.7 Å². The van der Waals surface area contributed by atoms with Crippen molar-refractivity contribution >= 4 is 46.0 Å². The van der Waals surface area contributed by atoms with Gasteiger partial charge in [-0.05, 0) is 56.5 Å². The van der Waals surface area contributed by atoms with E-state index in [0.29, 0.717) is 47.8 Å². The molecule has 210 valence electrons. The SMILES string of the molecule is C=C(/C=C(\N=CC)C(=O)c1cc(C)c(NC=O)c(OC)c1)N1CCC(n2c(=O)[nH]c3c4ccccc4ncc32)CC1. The van der Waals surface area contributed by atoms with Crippen LogP contribution in [0.3, 0.4) is 0 Å². The van der Waals surface area contributed by atoms with E-state index in [1.807, 2.05) is 28.8 Å². The summed E-state index contributed by atoms with van der Waals surface area (Å²) in [7, 11) is 1.48. The average Bonchev–Trinajstić information content (AvgIpc) is 3.33. The molecule has 1 aliphatic heterocycles. The number of rotatable bonds is 9. The van der Waals surface area contributed by atoms with E-state index >= 15 is 0 Å². The molecule has 10 heteroatoms. The smallest absolute Gasteiger partial charge is 0.326 e. The monoisotopic (exact) mass is 552 g/mol. The highest BCUT2D eigenvalue weighted by atomic mass is 16.5. The lowest BCUT2D eigenvalue weighted by molar-refractivity contribution is -0.105. The number of pyridine rings is 1. The number of ketones is 1. The number of aryl methyl sites for hydroxylation is 1. The molecule has 5 rings (SSSR count). The van der Waals surface area contributed by atoms with Crippen LogP contribution in [0, 0.1) is 6.92 Å². The number of piperidine rings is 1. The number of aromatic nitrogens is 3. The number of allylic oxidation sites excluding steroid dienone is 2. The third-order valence-electron chi connectivity index (χ3n) is 7.49. The minimum Gasteiger partial charge on any atom is -0.495 e. The number of carbonyl (C=O) groups is 2. The van der Waals surface area contributed by atoms with Crippen molar-refractivity contribution in [1.82, 2.24) is 19.4 Å². The number of fused-ring (bicyclic) bond motifs is 3. The van der Waals surface area contributed by atoms with Gasteiger partial charge in [0.05, 0.1) is 35.5 Å². The maximum atomic E-state index is 13.5. The Labute approximate surface area is 237 Å². The Morgan fingerprint density at radius 1 is 1.24 bits per heavy atom. The maximum absolute atomic E-state index is 13.5. The molecule has 0 aliphatic carbocycles. The zero-order valence-corrected chi connectivity index (χ0v) is 23.3. The zero-order valence-electron chi connectivity index (χ0n) is 23.3. The summed E-state index contributed by atoms with van der Waals surface area (Å²) in [6.45, 7) is 9.08. The Morgan fingerprint density at radius 2 is 2.00 bits per heavy atom. The third-order valence-corrected chi connectivity index (χ3v) is 7.49. The number of benzene rings is 2. The minimum atomic E-state index is -0.289. The average molecular weight is 553 g/mol. The van der Waals surface area contributed by atoms with Crippen LogP contribution >= 0.6 is 0 Å². The van der Waals surface area contributed by atoms with Crippen LogP contribution in [0.4, 0.5) is 5.69 Å². The van der Waals surface area contributed by atoms with Crippen LogP contribution in [0.25, 0.3) is 21.9 Å². The summed E-state index contributed by atoms with van der Waals surface area (Å²) >= 11 is 0. The van der Waals surface area contributed by atoms with Crippen molar-refractivity contribution in [2.45, 2.75) is 32.7 Å². The number of methoxy groups -OCH3 is 1. The van der Waals surface area contributed by atoms with Crippen molar-refractivity contribution in [1.29, 1.82) is 0 Å². The van der Waals surface area contributed by atoms with E-state index in [1.54, 1.807) is 44.5 Å². The molecule has 0 atom stereocenters. The lowest BCUT2D eigenvalue weighted by Gasteiger charge is -2.34. The summed E-state index contributed by atoms with van der Waals surface area (Å²) in [6.07, 6.45) is 7.05.